The van der Waals surface area contributed by atoms with E-state index in [1.54, 1.807) is 0 Å². The normalized spacial score (nSPS) is 14.5. The van der Waals surface area contributed by atoms with Crippen molar-refractivity contribution >= 4 is 54.1 Å². The van der Waals surface area contributed by atoms with E-state index in [1.165, 1.54) is 5.56 Å². The lowest BCUT2D eigenvalue weighted by atomic mass is 10.1. The highest BCUT2D eigenvalue weighted by Crippen LogP contribution is 2.37. The molecule has 0 aromatic heterocycles. The molecule has 1 rings (SSSR count). The fourth-order valence-corrected chi connectivity index (χ4v) is 6.20. The number of nitrogens with one attached hydrogen (secondary N) is 2. The summed E-state index contributed by atoms with van der Waals surface area (Å²) < 4.78 is 8.66. The lowest BCUT2D eigenvalue weighted by Crippen LogP contribution is -2.41. The minimum atomic E-state index is -1.67. The maximum atomic E-state index is 6.49. The van der Waals surface area contributed by atoms with Crippen LogP contribution in [0, 0.1) is 0 Å². The first-order chi connectivity index (χ1) is 11.1. The van der Waals surface area contributed by atoms with Gasteiger partial charge in [0.1, 0.15) is 8.24 Å². The second-order valence-corrected chi connectivity index (χ2v) is 20.5. The van der Waals surface area contributed by atoms with Gasteiger partial charge in [0.25, 0.3) is 0 Å². The SMILES string of the molecule is CC(C)(C)NCC(O[Si](C)(C)C)c1cc(Br)c(N[Si](C)(C)C)c(Br)c1. The van der Waals surface area contributed by atoms with Gasteiger partial charge in [-0.3, -0.25) is 0 Å². The van der Waals surface area contributed by atoms with Crippen LogP contribution in [0.4, 0.5) is 5.69 Å². The van der Waals surface area contributed by atoms with Crippen molar-refractivity contribution in [2.75, 3.05) is 11.5 Å². The number of benzene rings is 1. The molecule has 0 bridgehead atoms. The Morgan fingerprint density at radius 2 is 1.48 bits per heavy atom. The van der Waals surface area contributed by atoms with E-state index in [0.717, 1.165) is 21.2 Å². The summed E-state index contributed by atoms with van der Waals surface area (Å²) in [6.07, 6.45) is 0.0411. The topological polar surface area (TPSA) is 33.3 Å². The largest absolute Gasteiger partial charge is 0.409 e. The van der Waals surface area contributed by atoms with Crippen LogP contribution in [0.1, 0.15) is 32.4 Å². The van der Waals surface area contributed by atoms with Crippen molar-refractivity contribution in [2.45, 2.75) is 71.7 Å². The highest BCUT2D eigenvalue weighted by molar-refractivity contribution is 9.11. The molecule has 1 aromatic rings. The third kappa shape index (κ3) is 9.19. The lowest BCUT2D eigenvalue weighted by molar-refractivity contribution is 0.181. The molecule has 0 aliphatic heterocycles. The summed E-state index contributed by atoms with van der Waals surface area (Å²) in [7, 11) is -3.10. The van der Waals surface area contributed by atoms with Crippen molar-refractivity contribution in [3.05, 3.63) is 26.6 Å². The zero-order valence-corrected chi connectivity index (χ0v) is 22.3. The molecule has 0 spiro atoms. The Labute approximate surface area is 173 Å². The number of rotatable bonds is 7. The number of hydrogen-bond acceptors (Lipinski definition) is 3. The van der Waals surface area contributed by atoms with E-state index in [-0.39, 0.29) is 11.6 Å². The molecule has 2 N–H and O–H groups in total. The van der Waals surface area contributed by atoms with Gasteiger partial charge in [-0.1, -0.05) is 19.6 Å². The summed E-state index contributed by atoms with van der Waals surface area (Å²) >= 11 is 7.51. The Morgan fingerprint density at radius 1 is 1.00 bits per heavy atom. The molecule has 0 saturated heterocycles. The summed E-state index contributed by atoms with van der Waals surface area (Å²) in [5.41, 5.74) is 2.40. The van der Waals surface area contributed by atoms with E-state index in [4.69, 9.17) is 4.43 Å². The molecule has 0 aliphatic carbocycles. The van der Waals surface area contributed by atoms with Gasteiger partial charge in [0.05, 0.1) is 11.8 Å². The monoisotopic (exact) mass is 508 g/mol. The maximum absolute atomic E-state index is 6.49. The molecule has 0 amide bonds. The molecule has 1 aromatic carbocycles. The van der Waals surface area contributed by atoms with Crippen LogP contribution in [0.15, 0.2) is 21.1 Å². The average Bonchev–Trinajstić information content (AvgIpc) is 2.35. The first kappa shape index (κ1) is 23.4. The predicted octanol–water partition coefficient (Wildman–Crippen LogP) is 6.74. The summed E-state index contributed by atoms with van der Waals surface area (Å²) in [6, 6.07) is 4.39. The number of halogens is 2. The lowest BCUT2D eigenvalue weighted by Gasteiger charge is -2.31. The first-order valence-electron chi connectivity index (χ1n) is 8.77. The van der Waals surface area contributed by atoms with Crippen LogP contribution in [-0.4, -0.2) is 28.6 Å². The quantitative estimate of drug-likeness (QED) is 0.399. The predicted molar refractivity (Wildman–Crippen MR) is 124 cm³/mol. The van der Waals surface area contributed by atoms with Gasteiger partial charge in [0, 0.05) is 21.0 Å². The van der Waals surface area contributed by atoms with Crippen LogP contribution in [0.2, 0.25) is 39.3 Å². The third-order valence-corrected chi connectivity index (χ3v) is 6.49. The van der Waals surface area contributed by atoms with E-state index in [1.807, 2.05) is 0 Å². The summed E-state index contributed by atoms with van der Waals surface area (Å²) in [5, 5.41) is 3.59. The molecule has 1 unspecified atom stereocenters. The van der Waals surface area contributed by atoms with Gasteiger partial charge in [-0.15, -0.1) is 0 Å². The van der Waals surface area contributed by atoms with Gasteiger partial charge in [-0.05, 0) is 90.0 Å². The number of hydrogen-bond donors (Lipinski definition) is 2. The Balaban J connectivity index is 3.17. The zero-order valence-electron chi connectivity index (χ0n) is 17.1. The van der Waals surface area contributed by atoms with Crippen LogP contribution < -0.4 is 10.3 Å². The molecule has 0 saturated carbocycles. The van der Waals surface area contributed by atoms with E-state index in [9.17, 15) is 0 Å². The molecular weight excluding hydrogens is 476 g/mol. The molecule has 3 nitrogen and oxygen atoms in total. The molecule has 0 aliphatic rings. The van der Waals surface area contributed by atoms with Crippen molar-refractivity contribution in [1.82, 2.24) is 5.32 Å². The van der Waals surface area contributed by atoms with Crippen LogP contribution in [0.3, 0.4) is 0 Å². The van der Waals surface area contributed by atoms with Crippen molar-refractivity contribution < 1.29 is 4.43 Å². The number of anilines is 1. The molecule has 0 heterocycles. The maximum Gasteiger partial charge on any atom is 0.184 e. The zero-order chi connectivity index (χ0) is 19.6. The highest BCUT2D eigenvalue weighted by atomic mass is 79.9. The Bertz CT molecular complexity index is 567. The second-order valence-electron chi connectivity index (χ2n) is 9.58. The van der Waals surface area contributed by atoms with Crippen LogP contribution in [0.25, 0.3) is 0 Å². The molecule has 25 heavy (non-hydrogen) atoms. The third-order valence-electron chi connectivity index (χ3n) is 3.25. The van der Waals surface area contributed by atoms with Crippen molar-refractivity contribution in [3.8, 4) is 0 Å². The molecule has 144 valence electrons. The van der Waals surface area contributed by atoms with Gasteiger partial charge >= 0.3 is 0 Å². The van der Waals surface area contributed by atoms with Gasteiger partial charge in [0.2, 0.25) is 0 Å². The van der Waals surface area contributed by atoms with Crippen LogP contribution >= 0.6 is 31.9 Å². The van der Waals surface area contributed by atoms with Gasteiger partial charge in [-0.25, -0.2) is 0 Å². The van der Waals surface area contributed by atoms with E-state index < -0.39 is 16.6 Å². The van der Waals surface area contributed by atoms with Crippen molar-refractivity contribution in [2.24, 2.45) is 0 Å². The highest BCUT2D eigenvalue weighted by Gasteiger charge is 2.26. The minimum absolute atomic E-state index is 0.0411. The van der Waals surface area contributed by atoms with E-state index >= 15 is 0 Å². The van der Waals surface area contributed by atoms with Gasteiger partial charge in [0.15, 0.2) is 8.32 Å². The van der Waals surface area contributed by atoms with Gasteiger partial charge < -0.3 is 14.7 Å². The first-order valence-corrected chi connectivity index (χ1v) is 17.3. The summed E-state index contributed by atoms with van der Waals surface area (Å²) in [4.78, 5) is 3.69. The van der Waals surface area contributed by atoms with Crippen molar-refractivity contribution in [1.29, 1.82) is 0 Å². The fraction of sp³-hybridized carbons (Fsp3) is 0.667. The van der Waals surface area contributed by atoms with Crippen LogP contribution in [0.5, 0.6) is 0 Å². The smallest absolute Gasteiger partial charge is 0.184 e. The fourth-order valence-electron chi connectivity index (χ4n) is 2.33. The second kappa shape index (κ2) is 8.56. The van der Waals surface area contributed by atoms with Crippen LogP contribution in [-0.2, 0) is 4.43 Å². The Hall–Kier alpha value is 0.334. The molecule has 7 heteroatoms. The molecule has 0 fully saturated rings. The Kier molecular flexibility index (Phi) is 8.01. The van der Waals surface area contributed by atoms with Crippen molar-refractivity contribution in [3.63, 3.8) is 0 Å². The van der Waals surface area contributed by atoms with E-state index in [2.05, 4.69) is 114 Å². The average molecular weight is 510 g/mol. The van der Waals surface area contributed by atoms with Gasteiger partial charge in [-0.2, -0.15) is 0 Å². The molecular formula is C18H34Br2N2OSi2. The molecule has 1 atom stereocenters. The molecule has 0 radical (unpaired) electrons. The summed E-state index contributed by atoms with van der Waals surface area (Å²) in [6.45, 7) is 21.0. The van der Waals surface area contributed by atoms with E-state index in [0.29, 0.717) is 0 Å². The standard InChI is InChI=1S/C18H34Br2N2OSi2/c1-18(2,3)21-12-16(23-25(7,8)9)13-10-14(19)17(15(20)11-13)22-24(4,5)6/h10-11,16,21-22H,12H2,1-9H3. The minimum Gasteiger partial charge on any atom is -0.409 e. The Morgan fingerprint density at radius 3 is 1.84 bits per heavy atom. The summed E-state index contributed by atoms with van der Waals surface area (Å²) in [5.74, 6) is 0.